The highest BCUT2D eigenvalue weighted by atomic mass is 16.5. The minimum absolute atomic E-state index is 0.0549. The second-order valence-corrected chi connectivity index (χ2v) is 8.41. The summed E-state index contributed by atoms with van der Waals surface area (Å²) in [6.07, 6.45) is 2.82. The summed E-state index contributed by atoms with van der Waals surface area (Å²) in [5.41, 5.74) is 1.52. The number of anilines is 1. The Labute approximate surface area is 198 Å². The molecule has 4 rings (SSSR count). The summed E-state index contributed by atoms with van der Waals surface area (Å²) >= 11 is 0. The zero-order chi connectivity index (χ0) is 23.9. The molecule has 0 amide bonds. The van der Waals surface area contributed by atoms with Crippen molar-refractivity contribution in [1.29, 1.82) is 0 Å². The number of carboxylic acids is 1. The van der Waals surface area contributed by atoms with Gasteiger partial charge in [0.25, 0.3) is 5.56 Å². The quantitative estimate of drug-likeness (QED) is 0.490. The second kappa shape index (κ2) is 11.2. The minimum atomic E-state index is -0.971. The first-order chi connectivity index (χ1) is 16.6. The van der Waals surface area contributed by atoms with Gasteiger partial charge in [-0.15, -0.1) is 0 Å². The standard InChI is InChI=1S/C26H31N3O5/c1-2-33-23(25(31)32)18-19-10-12-20(13-11-19)34-17-16-29-24(30)21-8-4-5-9-22(21)27-26(29)28-14-6-3-7-15-28/h4-5,8-13,23H,2-3,6-7,14-18H2,1H3,(H,31,32)/t23-/m0/s1. The highest BCUT2D eigenvalue weighted by Crippen LogP contribution is 2.20. The van der Waals surface area contributed by atoms with Crippen LogP contribution in [0.3, 0.4) is 0 Å². The highest BCUT2D eigenvalue weighted by molar-refractivity contribution is 5.78. The lowest BCUT2D eigenvalue weighted by atomic mass is 10.1. The lowest BCUT2D eigenvalue weighted by molar-refractivity contribution is -0.149. The number of hydrogen-bond donors (Lipinski definition) is 1. The van der Waals surface area contributed by atoms with Gasteiger partial charge in [0.2, 0.25) is 5.95 Å². The molecular weight excluding hydrogens is 434 g/mol. The van der Waals surface area contributed by atoms with E-state index in [0.29, 0.717) is 48.8 Å². The lowest BCUT2D eigenvalue weighted by Crippen LogP contribution is -2.37. The summed E-state index contributed by atoms with van der Waals surface area (Å²) in [6.45, 7) is 4.62. The molecule has 180 valence electrons. The van der Waals surface area contributed by atoms with Gasteiger partial charge in [0.1, 0.15) is 12.4 Å². The van der Waals surface area contributed by atoms with E-state index in [-0.39, 0.29) is 5.56 Å². The van der Waals surface area contributed by atoms with E-state index in [0.717, 1.165) is 31.5 Å². The molecule has 0 aliphatic carbocycles. The summed E-state index contributed by atoms with van der Waals surface area (Å²) in [5.74, 6) is 0.396. The van der Waals surface area contributed by atoms with Crippen LogP contribution in [-0.2, 0) is 22.5 Å². The molecule has 2 aromatic carbocycles. The van der Waals surface area contributed by atoms with Gasteiger partial charge in [0, 0.05) is 26.1 Å². The van der Waals surface area contributed by atoms with Crippen LogP contribution in [-0.4, -0.2) is 53.0 Å². The second-order valence-electron chi connectivity index (χ2n) is 8.41. The summed E-state index contributed by atoms with van der Waals surface area (Å²) in [6, 6.07) is 14.8. The number of rotatable bonds is 10. The molecule has 0 radical (unpaired) electrons. The van der Waals surface area contributed by atoms with Crippen LogP contribution in [0.5, 0.6) is 5.75 Å². The first-order valence-electron chi connectivity index (χ1n) is 11.9. The maximum atomic E-state index is 13.3. The molecule has 1 fully saturated rings. The van der Waals surface area contributed by atoms with E-state index in [9.17, 15) is 14.7 Å². The van der Waals surface area contributed by atoms with Crippen molar-refractivity contribution in [3.63, 3.8) is 0 Å². The highest BCUT2D eigenvalue weighted by Gasteiger charge is 2.20. The number of benzene rings is 2. The Hall–Kier alpha value is -3.39. The third-order valence-corrected chi connectivity index (χ3v) is 6.05. The number of ether oxygens (including phenoxy) is 2. The van der Waals surface area contributed by atoms with Crippen molar-refractivity contribution < 1.29 is 19.4 Å². The van der Waals surface area contributed by atoms with E-state index in [1.807, 2.05) is 48.5 Å². The Morgan fingerprint density at radius 1 is 1.09 bits per heavy atom. The van der Waals surface area contributed by atoms with Gasteiger partial charge < -0.3 is 19.5 Å². The van der Waals surface area contributed by atoms with Crippen LogP contribution in [0.2, 0.25) is 0 Å². The molecule has 0 spiro atoms. The number of hydrogen-bond acceptors (Lipinski definition) is 6. The van der Waals surface area contributed by atoms with Crippen LogP contribution in [0.4, 0.5) is 5.95 Å². The van der Waals surface area contributed by atoms with Gasteiger partial charge in [0.05, 0.1) is 17.4 Å². The molecule has 34 heavy (non-hydrogen) atoms. The SMILES string of the molecule is CCO[C@@H](Cc1ccc(OCCn2c(N3CCCCC3)nc3ccccc3c2=O)cc1)C(=O)O. The molecule has 1 aliphatic rings. The molecule has 2 heterocycles. The maximum Gasteiger partial charge on any atom is 0.333 e. The number of carbonyl (C=O) groups is 1. The van der Waals surface area contributed by atoms with E-state index in [1.54, 1.807) is 11.5 Å². The molecule has 8 heteroatoms. The van der Waals surface area contributed by atoms with Crippen LogP contribution in [0, 0.1) is 0 Å². The summed E-state index contributed by atoms with van der Waals surface area (Å²) in [7, 11) is 0. The van der Waals surface area contributed by atoms with Gasteiger partial charge in [-0.25, -0.2) is 9.78 Å². The Bertz CT molecular complexity index is 1170. The summed E-state index contributed by atoms with van der Waals surface area (Å²) in [5, 5.41) is 9.87. The van der Waals surface area contributed by atoms with Gasteiger partial charge in [-0.1, -0.05) is 24.3 Å². The number of nitrogens with zero attached hydrogens (tertiary/aromatic N) is 3. The minimum Gasteiger partial charge on any atom is -0.492 e. The van der Waals surface area contributed by atoms with Crippen LogP contribution in [0.25, 0.3) is 10.9 Å². The van der Waals surface area contributed by atoms with Gasteiger partial charge >= 0.3 is 5.97 Å². The van der Waals surface area contributed by atoms with E-state index in [1.165, 1.54) is 6.42 Å². The lowest BCUT2D eigenvalue weighted by Gasteiger charge is -2.29. The fourth-order valence-electron chi connectivity index (χ4n) is 4.30. The first-order valence-corrected chi connectivity index (χ1v) is 11.9. The zero-order valence-corrected chi connectivity index (χ0v) is 19.5. The molecule has 1 saturated heterocycles. The van der Waals surface area contributed by atoms with Crippen molar-refractivity contribution in [2.75, 3.05) is 31.2 Å². The molecule has 0 unspecified atom stereocenters. The monoisotopic (exact) mass is 465 g/mol. The van der Waals surface area contributed by atoms with Crippen LogP contribution < -0.4 is 15.2 Å². The molecule has 0 saturated carbocycles. The number of fused-ring (bicyclic) bond motifs is 1. The molecule has 1 atom stereocenters. The average Bonchev–Trinajstić information content (AvgIpc) is 2.86. The normalized spacial score (nSPS) is 14.8. The molecule has 8 nitrogen and oxygen atoms in total. The Morgan fingerprint density at radius 3 is 2.53 bits per heavy atom. The van der Waals surface area contributed by atoms with Crippen molar-refractivity contribution in [3.05, 3.63) is 64.4 Å². The molecular formula is C26H31N3O5. The van der Waals surface area contributed by atoms with Crippen molar-refractivity contribution in [2.45, 2.75) is 45.3 Å². The van der Waals surface area contributed by atoms with E-state index < -0.39 is 12.1 Å². The predicted octanol–water partition coefficient (Wildman–Crippen LogP) is 3.50. The third kappa shape index (κ3) is 5.56. The topological polar surface area (TPSA) is 93.9 Å². The molecule has 0 bridgehead atoms. The fourth-order valence-corrected chi connectivity index (χ4v) is 4.30. The predicted molar refractivity (Wildman–Crippen MR) is 131 cm³/mol. The number of piperidine rings is 1. The van der Waals surface area contributed by atoms with Gasteiger partial charge in [0.15, 0.2) is 6.10 Å². The van der Waals surface area contributed by atoms with Crippen LogP contribution in [0.1, 0.15) is 31.7 Å². The number of aliphatic carboxylic acids is 1. The fraction of sp³-hybridized carbons (Fsp3) is 0.423. The summed E-state index contributed by atoms with van der Waals surface area (Å²) in [4.78, 5) is 31.6. The number of aromatic nitrogens is 2. The Kier molecular flexibility index (Phi) is 7.80. The zero-order valence-electron chi connectivity index (χ0n) is 19.5. The Morgan fingerprint density at radius 2 is 1.82 bits per heavy atom. The number of carboxylic acid groups (broad SMARTS) is 1. The maximum absolute atomic E-state index is 13.3. The molecule has 1 N–H and O–H groups in total. The van der Waals surface area contributed by atoms with Crippen LogP contribution in [0.15, 0.2) is 53.3 Å². The molecule has 1 aromatic heterocycles. The third-order valence-electron chi connectivity index (χ3n) is 6.05. The number of para-hydroxylation sites is 1. The Balaban J connectivity index is 1.46. The smallest absolute Gasteiger partial charge is 0.333 e. The largest absolute Gasteiger partial charge is 0.492 e. The first kappa shape index (κ1) is 23.8. The van der Waals surface area contributed by atoms with Crippen LogP contribution >= 0.6 is 0 Å². The van der Waals surface area contributed by atoms with Crippen molar-refractivity contribution in [3.8, 4) is 5.75 Å². The summed E-state index contributed by atoms with van der Waals surface area (Å²) < 4.78 is 12.9. The molecule has 1 aliphatic heterocycles. The van der Waals surface area contributed by atoms with Crippen molar-refractivity contribution >= 4 is 22.8 Å². The van der Waals surface area contributed by atoms with Crippen molar-refractivity contribution in [1.82, 2.24) is 9.55 Å². The van der Waals surface area contributed by atoms with E-state index >= 15 is 0 Å². The van der Waals surface area contributed by atoms with E-state index in [4.69, 9.17) is 14.5 Å². The molecule has 3 aromatic rings. The van der Waals surface area contributed by atoms with E-state index in [2.05, 4.69) is 4.90 Å². The van der Waals surface area contributed by atoms with Gasteiger partial charge in [-0.05, 0) is 56.0 Å². The van der Waals surface area contributed by atoms with Gasteiger partial charge in [-0.2, -0.15) is 0 Å². The average molecular weight is 466 g/mol. The van der Waals surface area contributed by atoms with Gasteiger partial charge in [-0.3, -0.25) is 9.36 Å². The van der Waals surface area contributed by atoms with Crippen molar-refractivity contribution in [2.24, 2.45) is 0 Å².